The Balaban J connectivity index is 1.90. The van der Waals surface area contributed by atoms with Gasteiger partial charge in [0.2, 0.25) is 10.0 Å². The maximum atomic E-state index is 12.8. The number of imidazole rings is 1. The molecule has 3 aromatic rings. The summed E-state index contributed by atoms with van der Waals surface area (Å²) in [6, 6.07) is 12.3. The molecule has 28 heavy (non-hydrogen) atoms. The average Bonchev–Trinajstić information content (AvgIpc) is 3.02. The minimum Gasteiger partial charge on any atom is -0.319 e. The van der Waals surface area contributed by atoms with Gasteiger partial charge in [-0.15, -0.1) is 0 Å². The zero-order chi connectivity index (χ0) is 20.5. The number of carbonyl (C=O) groups excluding carboxylic acids is 1. The Morgan fingerprint density at radius 2 is 1.86 bits per heavy atom. The predicted molar refractivity (Wildman–Crippen MR) is 112 cm³/mol. The monoisotopic (exact) mass is 417 g/mol. The number of hydrogen-bond donors (Lipinski definition) is 1. The van der Waals surface area contributed by atoms with Gasteiger partial charge in [-0.2, -0.15) is 0 Å². The molecule has 148 valence electrons. The van der Waals surface area contributed by atoms with E-state index in [1.54, 1.807) is 6.07 Å². The molecule has 2 N–H and O–H groups in total. The van der Waals surface area contributed by atoms with E-state index in [0.29, 0.717) is 22.8 Å². The first-order valence-electron chi connectivity index (χ1n) is 9.07. The maximum absolute atomic E-state index is 12.8. The Morgan fingerprint density at radius 1 is 1.18 bits per heavy atom. The van der Waals surface area contributed by atoms with Gasteiger partial charge in [0.25, 0.3) is 0 Å². The first-order chi connectivity index (χ1) is 13.2. The van der Waals surface area contributed by atoms with Crippen LogP contribution in [-0.2, 0) is 23.0 Å². The van der Waals surface area contributed by atoms with Gasteiger partial charge in [0.1, 0.15) is 0 Å². The zero-order valence-corrected chi connectivity index (χ0v) is 17.7. The molecule has 3 rings (SSSR count). The molecule has 0 bridgehead atoms. The van der Waals surface area contributed by atoms with Crippen molar-refractivity contribution in [1.29, 1.82) is 0 Å². The predicted octanol–water partition coefficient (Wildman–Crippen LogP) is 3.63. The summed E-state index contributed by atoms with van der Waals surface area (Å²) in [5.74, 6) is 0.0348. The number of primary sulfonamides is 1. The van der Waals surface area contributed by atoms with Gasteiger partial charge in [0.05, 0.1) is 21.2 Å². The SMILES string of the molecule is CCc1ccc(C(=O)[C@@H](C)Sc2nc3cc(S(N)(=O)=O)ccc3n2CC)cc1. The number of hydrogen-bond acceptors (Lipinski definition) is 5. The van der Waals surface area contributed by atoms with Crippen molar-refractivity contribution < 1.29 is 13.2 Å². The molecule has 1 heterocycles. The minimum absolute atomic E-state index is 0.0254. The van der Waals surface area contributed by atoms with Crippen LogP contribution in [0.25, 0.3) is 11.0 Å². The second kappa shape index (κ2) is 8.06. The Labute approximate surface area is 169 Å². The number of aryl methyl sites for hydroxylation is 2. The van der Waals surface area contributed by atoms with Gasteiger partial charge in [-0.3, -0.25) is 4.79 Å². The average molecular weight is 418 g/mol. The van der Waals surface area contributed by atoms with E-state index in [0.717, 1.165) is 11.9 Å². The second-order valence-corrected chi connectivity index (χ2v) is 9.38. The number of rotatable bonds is 7. The smallest absolute Gasteiger partial charge is 0.238 e. The van der Waals surface area contributed by atoms with Crippen molar-refractivity contribution in [2.24, 2.45) is 5.14 Å². The van der Waals surface area contributed by atoms with E-state index in [1.807, 2.05) is 42.7 Å². The van der Waals surface area contributed by atoms with Crippen molar-refractivity contribution in [1.82, 2.24) is 9.55 Å². The molecule has 1 atom stereocenters. The van der Waals surface area contributed by atoms with Gasteiger partial charge < -0.3 is 4.57 Å². The van der Waals surface area contributed by atoms with Crippen LogP contribution in [0.5, 0.6) is 0 Å². The number of thioether (sulfide) groups is 1. The highest BCUT2D eigenvalue weighted by molar-refractivity contribution is 8.00. The summed E-state index contributed by atoms with van der Waals surface area (Å²) < 4.78 is 25.2. The largest absolute Gasteiger partial charge is 0.319 e. The number of ketones is 1. The van der Waals surface area contributed by atoms with Gasteiger partial charge in [-0.25, -0.2) is 18.5 Å². The fourth-order valence-corrected chi connectivity index (χ4v) is 4.61. The van der Waals surface area contributed by atoms with Crippen LogP contribution in [0, 0.1) is 0 Å². The molecule has 0 fully saturated rings. The van der Waals surface area contributed by atoms with Crippen LogP contribution in [-0.4, -0.2) is 29.0 Å². The van der Waals surface area contributed by atoms with Crippen LogP contribution in [0.4, 0.5) is 0 Å². The van der Waals surface area contributed by atoms with Crippen molar-refractivity contribution in [2.75, 3.05) is 0 Å². The van der Waals surface area contributed by atoms with E-state index in [2.05, 4.69) is 11.9 Å². The number of benzene rings is 2. The standard InChI is InChI=1S/C20H23N3O3S2/c1-4-14-6-8-15(9-7-14)19(24)13(3)27-20-22-17-12-16(28(21,25)26)10-11-18(17)23(20)5-2/h6-13H,4-5H2,1-3H3,(H2,21,25,26)/t13-/m1/s1. The maximum Gasteiger partial charge on any atom is 0.238 e. The van der Waals surface area contributed by atoms with E-state index in [4.69, 9.17) is 5.14 Å². The van der Waals surface area contributed by atoms with Crippen molar-refractivity contribution in [2.45, 2.75) is 49.0 Å². The lowest BCUT2D eigenvalue weighted by Gasteiger charge is -2.11. The van der Waals surface area contributed by atoms with Gasteiger partial charge in [0, 0.05) is 12.1 Å². The Hall–Kier alpha value is -2.16. The van der Waals surface area contributed by atoms with Crippen molar-refractivity contribution in [3.8, 4) is 0 Å². The Kier molecular flexibility index (Phi) is 5.92. The molecule has 0 amide bonds. The molecule has 0 aliphatic carbocycles. The molecule has 8 heteroatoms. The fraction of sp³-hybridized carbons (Fsp3) is 0.300. The van der Waals surface area contributed by atoms with Gasteiger partial charge in [-0.1, -0.05) is 43.0 Å². The molecule has 0 saturated heterocycles. The summed E-state index contributed by atoms with van der Waals surface area (Å²) >= 11 is 1.37. The normalized spacial score (nSPS) is 13.0. The number of carbonyl (C=O) groups is 1. The number of nitrogens with zero attached hydrogens (tertiary/aromatic N) is 2. The molecule has 0 saturated carbocycles. The third-order valence-electron chi connectivity index (χ3n) is 4.63. The van der Waals surface area contributed by atoms with E-state index in [1.165, 1.54) is 29.5 Å². The van der Waals surface area contributed by atoms with Crippen LogP contribution in [0.3, 0.4) is 0 Å². The highest BCUT2D eigenvalue weighted by atomic mass is 32.2. The number of fused-ring (bicyclic) bond motifs is 1. The van der Waals surface area contributed by atoms with Crippen LogP contribution >= 0.6 is 11.8 Å². The molecular formula is C20H23N3O3S2. The quantitative estimate of drug-likeness (QED) is 0.468. The van der Waals surface area contributed by atoms with Crippen molar-refractivity contribution in [3.63, 3.8) is 0 Å². The molecule has 0 aliphatic rings. The molecule has 6 nitrogen and oxygen atoms in total. The van der Waals surface area contributed by atoms with E-state index in [9.17, 15) is 13.2 Å². The highest BCUT2D eigenvalue weighted by Gasteiger charge is 2.21. The van der Waals surface area contributed by atoms with E-state index < -0.39 is 10.0 Å². The van der Waals surface area contributed by atoms with Crippen LogP contribution in [0.1, 0.15) is 36.7 Å². The fourth-order valence-electron chi connectivity index (χ4n) is 3.01. The molecule has 0 aliphatic heterocycles. The van der Waals surface area contributed by atoms with E-state index in [-0.39, 0.29) is 15.9 Å². The zero-order valence-electron chi connectivity index (χ0n) is 16.0. The van der Waals surface area contributed by atoms with Crippen molar-refractivity contribution >= 4 is 38.6 Å². The van der Waals surface area contributed by atoms with Gasteiger partial charge >= 0.3 is 0 Å². The summed E-state index contributed by atoms with van der Waals surface area (Å²) in [4.78, 5) is 17.4. The lowest BCUT2D eigenvalue weighted by molar-refractivity contribution is 0.0994. The second-order valence-electron chi connectivity index (χ2n) is 6.51. The molecule has 2 aromatic carbocycles. The summed E-state index contributed by atoms with van der Waals surface area (Å²) in [5, 5.41) is 5.57. The first-order valence-corrected chi connectivity index (χ1v) is 11.5. The number of sulfonamides is 1. The first kappa shape index (κ1) is 20.6. The third kappa shape index (κ3) is 4.14. The molecule has 0 spiro atoms. The summed E-state index contributed by atoms with van der Waals surface area (Å²) in [6.07, 6.45) is 0.930. The lowest BCUT2D eigenvalue weighted by atomic mass is 10.1. The lowest BCUT2D eigenvalue weighted by Crippen LogP contribution is -2.14. The van der Waals surface area contributed by atoms with Crippen molar-refractivity contribution in [3.05, 3.63) is 53.6 Å². The molecule has 1 aromatic heterocycles. The van der Waals surface area contributed by atoms with Gasteiger partial charge in [0.15, 0.2) is 10.9 Å². The summed E-state index contributed by atoms with van der Waals surface area (Å²) in [6.45, 7) is 6.57. The van der Waals surface area contributed by atoms with Crippen LogP contribution in [0.2, 0.25) is 0 Å². The van der Waals surface area contributed by atoms with Crippen LogP contribution in [0.15, 0.2) is 52.5 Å². The topological polar surface area (TPSA) is 95.1 Å². The highest BCUT2D eigenvalue weighted by Crippen LogP contribution is 2.30. The number of nitrogens with two attached hydrogens (primary N) is 1. The molecular weight excluding hydrogens is 394 g/mol. The summed E-state index contributed by atoms with van der Waals surface area (Å²) in [7, 11) is -3.79. The minimum atomic E-state index is -3.79. The molecule has 0 radical (unpaired) electrons. The number of Topliss-reactive ketones (excluding diaryl/α,β-unsaturated/α-hetero) is 1. The third-order valence-corrected chi connectivity index (χ3v) is 6.63. The Morgan fingerprint density at radius 3 is 2.43 bits per heavy atom. The molecule has 0 unspecified atom stereocenters. The Bertz CT molecular complexity index is 1120. The van der Waals surface area contributed by atoms with Crippen LogP contribution < -0.4 is 5.14 Å². The van der Waals surface area contributed by atoms with E-state index >= 15 is 0 Å². The van der Waals surface area contributed by atoms with Gasteiger partial charge in [-0.05, 0) is 44.0 Å². The number of aromatic nitrogens is 2. The summed E-state index contributed by atoms with van der Waals surface area (Å²) in [5.41, 5.74) is 3.22.